The van der Waals surface area contributed by atoms with Gasteiger partial charge in [0.1, 0.15) is 0 Å². The number of rotatable bonds is 3. The van der Waals surface area contributed by atoms with E-state index in [-0.39, 0.29) is 11.8 Å². The van der Waals surface area contributed by atoms with Crippen molar-refractivity contribution in [2.24, 2.45) is 0 Å². The van der Waals surface area contributed by atoms with Gasteiger partial charge in [0.25, 0.3) is 11.8 Å². The molecule has 1 aliphatic rings. The summed E-state index contributed by atoms with van der Waals surface area (Å²) in [5.74, 6) is -0.255. The van der Waals surface area contributed by atoms with Gasteiger partial charge in [-0.25, -0.2) is 4.98 Å². The molecule has 1 N–H and O–H groups in total. The van der Waals surface area contributed by atoms with Crippen LogP contribution in [0, 0.1) is 6.92 Å². The summed E-state index contributed by atoms with van der Waals surface area (Å²) in [6.45, 7) is 4.23. The topological polar surface area (TPSA) is 71.5 Å². The van der Waals surface area contributed by atoms with Gasteiger partial charge in [-0.1, -0.05) is 6.07 Å². The number of amides is 2. The number of nitrogens with zero attached hydrogens (tertiary/aromatic N) is 2. The second-order valence-corrected chi connectivity index (χ2v) is 7.59. The first-order valence-electron chi connectivity index (χ1n) is 8.76. The third-order valence-corrected chi connectivity index (χ3v) is 5.36. The second kappa shape index (κ2) is 7.46. The van der Waals surface area contributed by atoms with Crippen molar-refractivity contribution in [3.05, 3.63) is 58.6 Å². The quantitative estimate of drug-likeness (QED) is 0.755. The van der Waals surface area contributed by atoms with Gasteiger partial charge in [-0.05, 0) is 43.3 Å². The molecule has 0 aliphatic carbocycles. The molecule has 2 heterocycles. The number of anilines is 1. The number of aromatic nitrogens is 1. The number of benzene rings is 2. The Hall–Kier alpha value is -2.77. The number of fused-ring (bicyclic) bond motifs is 1. The maximum absolute atomic E-state index is 12.6. The Morgan fingerprint density at radius 2 is 1.93 bits per heavy atom. The zero-order valence-corrected chi connectivity index (χ0v) is 15.7. The van der Waals surface area contributed by atoms with Crippen molar-refractivity contribution in [3.8, 4) is 0 Å². The molecule has 2 aromatic carbocycles. The van der Waals surface area contributed by atoms with Gasteiger partial charge in [0.15, 0.2) is 0 Å². The van der Waals surface area contributed by atoms with E-state index in [0.29, 0.717) is 43.1 Å². The molecular weight excluding hydrogens is 362 g/mol. The molecule has 4 rings (SSSR count). The molecule has 0 unspecified atom stereocenters. The SMILES string of the molecule is Cc1nc2ccc(C(=O)Nc3cccc(C(=O)N4CCOCC4)c3)cc2s1. The average molecular weight is 381 g/mol. The zero-order chi connectivity index (χ0) is 18.8. The molecule has 0 radical (unpaired) electrons. The maximum Gasteiger partial charge on any atom is 0.255 e. The largest absolute Gasteiger partial charge is 0.378 e. The van der Waals surface area contributed by atoms with E-state index in [0.717, 1.165) is 15.2 Å². The van der Waals surface area contributed by atoms with Crippen LogP contribution < -0.4 is 5.32 Å². The minimum Gasteiger partial charge on any atom is -0.378 e. The minimum atomic E-state index is -0.209. The highest BCUT2D eigenvalue weighted by Gasteiger charge is 2.19. The zero-order valence-electron chi connectivity index (χ0n) is 14.9. The molecule has 1 fully saturated rings. The van der Waals surface area contributed by atoms with Crippen molar-refractivity contribution in [1.82, 2.24) is 9.88 Å². The fourth-order valence-corrected chi connectivity index (χ4v) is 3.93. The van der Waals surface area contributed by atoms with Gasteiger partial charge in [-0.2, -0.15) is 0 Å². The van der Waals surface area contributed by atoms with Gasteiger partial charge in [0.2, 0.25) is 0 Å². The normalized spacial score (nSPS) is 14.3. The summed E-state index contributed by atoms with van der Waals surface area (Å²) in [4.78, 5) is 31.4. The lowest BCUT2D eigenvalue weighted by atomic mass is 10.1. The number of hydrogen-bond donors (Lipinski definition) is 1. The number of aryl methyl sites for hydroxylation is 1. The van der Waals surface area contributed by atoms with E-state index in [1.807, 2.05) is 19.1 Å². The fraction of sp³-hybridized carbons (Fsp3) is 0.250. The van der Waals surface area contributed by atoms with E-state index < -0.39 is 0 Å². The van der Waals surface area contributed by atoms with Gasteiger partial charge in [-0.15, -0.1) is 11.3 Å². The molecule has 2 amide bonds. The number of thiazole rings is 1. The summed E-state index contributed by atoms with van der Waals surface area (Å²) in [6.07, 6.45) is 0. The van der Waals surface area contributed by atoms with Gasteiger partial charge < -0.3 is 15.0 Å². The molecular formula is C20H19N3O3S. The van der Waals surface area contributed by atoms with Crippen LogP contribution >= 0.6 is 11.3 Å². The lowest BCUT2D eigenvalue weighted by Gasteiger charge is -2.27. The highest BCUT2D eigenvalue weighted by Crippen LogP contribution is 2.23. The lowest BCUT2D eigenvalue weighted by molar-refractivity contribution is 0.0303. The van der Waals surface area contributed by atoms with E-state index in [2.05, 4.69) is 10.3 Å². The van der Waals surface area contributed by atoms with Crippen LogP contribution in [0.2, 0.25) is 0 Å². The molecule has 1 aromatic heterocycles. The second-order valence-electron chi connectivity index (χ2n) is 6.35. The molecule has 7 heteroatoms. The van der Waals surface area contributed by atoms with Crippen LogP contribution in [0.5, 0.6) is 0 Å². The summed E-state index contributed by atoms with van der Waals surface area (Å²) in [7, 11) is 0. The predicted molar refractivity (Wildman–Crippen MR) is 105 cm³/mol. The number of carbonyl (C=O) groups is 2. The molecule has 0 saturated carbocycles. The van der Waals surface area contributed by atoms with Crippen LogP contribution in [0.1, 0.15) is 25.7 Å². The Balaban J connectivity index is 1.51. The van der Waals surface area contributed by atoms with Gasteiger partial charge in [-0.3, -0.25) is 9.59 Å². The molecule has 1 aliphatic heterocycles. The monoisotopic (exact) mass is 381 g/mol. The Bertz CT molecular complexity index is 1010. The van der Waals surface area contributed by atoms with Crippen LogP contribution in [-0.4, -0.2) is 48.0 Å². The Kier molecular flexibility index (Phi) is 4.87. The number of nitrogens with one attached hydrogen (secondary N) is 1. The molecule has 27 heavy (non-hydrogen) atoms. The molecule has 3 aromatic rings. The number of carbonyl (C=O) groups excluding carboxylic acids is 2. The summed E-state index contributed by atoms with van der Waals surface area (Å²) in [6, 6.07) is 12.5. The summed E-state index contributed by atoms with van der Waals surface area (Å²) in [5, 5.41) is 3.85. The van der Waals surface area contributed by atoms with E-state index in [4.69, 9.17) is 4.74 Å². The molecule has 0 spiro atoms. The minimum absolute atomic E-state index is 0.0454. The number of hydrogen-bond acceptors (Lipinski definition) is 5. The summed E-state index contributed by atoms with van der Waals surface area (Å²) >= 11 is 1.56. The van der Waals surface area contributed by atoms with Crippen molar-refractivity contribution in [2.45, 2.75) is 6.92 Å². The van der Waals surface area contributed by atoms with Crippen LogP contribution in [0.3, 0.4) is 0 Å². The van der Waals surface area contributed by atoms with Gasteiger partial charge >= 0.3 is 0 Å². The standard InChI is InChI=1S/C20H19N3O3S/c1-13-21-17-6-5-14(12-18(17)27-13)19(24)22-16-4-2-3-15(11-16)20(25)23-7-9-26-10-8-23/h2-6,11-12H,7-10H2,1H3,(H,22,24). The van der Waals surface area contributed by atoms with Crippen molar-refractivity contribution >= 4 is 39.1 Å². The Morgan fingerprint density at radius 3 is 2.74 bits per heavy atom. The van der Waals surface area contributed by atoms with Crippen LogP contribution in [0.4, 0.5) is 5.69 Å². The van der Waals surface area contributed by atoms with Crippen molar-refractivity contribution < 1.29 is 14.3 Å². The Labute approximate surface area is 160 Å². The van der Waals surface area contributed by atoms with Gasteiger partial charge in [0.05, 0.1) is 28.4 Å². The highest BCUT2D eigenvalue weighted by atomic mass is 32.1. The van der Waals surface area contributed by atoms with Crippen molar-refractivity contribution in [1.29, 1.82) is 0 Å². The van der Waals surface area contributed by atoms with Crippen molar-refractivity contribution in [2.75, 3.05) is 31.6 Å². The van der Waals surface area contributed by atoms with Gasteiger partial charge in [0, 0.05) is 29.9 Å². The molecule has 0 atom stereocenters. The third kappa shape index (κ3) is 3.84. The lowest BCUT2D eigenvalue weighted by Crippen LogP contribution is -2.40. The first-order chi connectivity index (χ1) is 13.1. The smallest absolute Gasteiger partial charge is 0.255 e. The first kappa shape index (κ1) is 17.6. The molecule has 138 valence electrons. The van der Waals surface area contributed by atoms with Crippen LogP contribution in [0.15, 0.2) is 42.5 Å². The first-order valence-corrected chi connectivity index (χ1v) is 9.57. The predicted octanol–water partition coefficient (Wildman–Crippen LogP) is 3.33. The summed E-state index contributed by atoms with van der Waals surface area (Å²) < 4.78 is 6.27. The van der Waals surface area contributed by atoms with Crippen LogP contribution in [0.25, 0.3) is 10.2 Å². The van der Waals surface area contributed by atoms with Crippen molar-refractivity contribution in [3.63, 3.8) is 0 Å². The maximum atomic E-state index is 12.6. The fourth-order valence-electron chi connectivity index (χ4n) is 3.06. The van der Waals surface area contributed by atoms with E-state index in [9.17, 15) is 9.59 Å². The average Bonchev–Trinajstić information content (AvgIpc) is 3.07. The number of morpholine rings is 1. The van der Waals surface area contributed by atoms with Crippen LogP contribution in [-0.2, 0) is 4.74 Å². The number of ether oxygens (including phenoxy) is 1. The molecule has 0 bridgehead atoms. The van der Waals surface area contributed by atoms with E-state index in [1.54, 1.807) is 46.6 Å². The highest BCUT2D eigenvalue weighted by molar-refractivity contribution is 7.18. The molecule has 1 saturated heterocycles. The van der Waals surface area contributed by atoms with E-state index in [1.165, 1.54) is 0 Å². The summed E-state index contributed by atoms with van der Waals surface area (Å²) in [5.41, 5.74) is 2.62. The third-order valence-electron chi connectivity index (χ3n) is 4.42. The Morgan fingerprint density at radius 1 is 1.11 bits per heavy atom. The molecule has 6 nitrogen and oxygen atoms in total. The van der Waals surface area contributed by atoms with E-state index >= 15 is 0 Å².